The van der Waals surface area contributed by atoms with Gasteiger partial charge in [0.1, 0.15) is 24.2 Å². The lowest BCUT2D eigenvalue weighted by Crippen LogP contribution is -2.40. The van der Waals surface area contributed by atoms with Crippen molar-refractivity contribution in [3.8, 4) is 5.75 Å². The van der Waals surface area contributed by atoms with Gasteiger partial charge in [-0.3, -0.25) is 4.79 Å². The van der Waals surface area contributed by atoms with Gasteiger partial charge in [0.15, 0.2) is 0 Å². The molecule has 0 aliphatic carbocycles. The zero-order valence-corrected chi connectivity index (χ0v) is 14.2. The lowest BCUT2D eigenvalue weighted by Gasteiger charge is -2.21. The Morgan fingerprint density at radius 2 is 2.20 bits per heavy atom. The Kier molecular flexibility index (Phi) is 4.74. The first-order chi connectivity index (χ1) is 12.0. The summed E-state index contributed by atoms with van der Waals surface area (Å²) in [7, 11) is 0. The molecule has 7 nitrogen and oxygen atoms in total. The summed E-state index contributed by atoms with van der Waals surface area (Å²) in [5.41, 5.74) is 2.07. The maximum Gasteiger partial charge on any atom is 0.326 e. The fourth-order valence-corrected chi connectivity index (χ4v) is 3.01. The molecule has 132 valence electrons. The third-order valence-corrected chi connectivity index (χ3v) is 4.44. The predicted octanol–water partition coefficient (Wildman–Crippen LogP) is 2.56. The summed E-state index contributed by atoms with van der Waals surface area (Å²) < 4.78 is 10.9. The van der Waals surface area contributed by atoms with E-state index < -0.39 is 12.0 Å². The molecular formula is C18H20N2O5. The molecule has 2 heterocycles. The molecule has 0 saturated carbocycles. The molecule has 1 aromatic heterocycles. The number of aromatic nitrogens is 1. The van der Waals surface area contributed by atoms with Gasteiger partial charge in [-0.2, -0.15) is 0 Å². The third-order valence-electron chi connectivity index (χ3n) is 4.44. The monoisotopic (exact) mass is 344 g/mol. The highest BCUT2D eigenvalue weighted by molar-refractivity contribution is 5.97. The lowest BCUT2D eigenvalue weighted by atomic mass is 10.1. The van der Waals surface area contributed by atoms with Gasteiger partial charge in [-0.15, -0.1) is 0 Å². The molecule has 1 unspecified atom stereocenters. The van der Waals surface area contributed by atoms with E-state index in [2.05, 4.69) is 5.16 Å². The zero-order valence-electron chi connectivity index (χ0n) is 14.2. The normalized spacial score (nSPS) is 16.9. The van der Waals surface area contributed by atoms with Crippen molar-refractivity contribution >= 4 is 11.9 Å². The first kappa shape index (κ1) is 17.0. The Hall–Kier alpha value is -2.83. The van der Waals surface area contributed by atoms with Gasteiger partial charge in [0.25, 0.3) is 5.91 Å². The SMILES string of the molecule is Cc1noc(C)c1COc1cccc(C(=O)N2CCCC2C(=O)O)c1. The Bertz CT molecular complexity index is 779. The number of aliphatic carboxylic acids is 1. The molecule has 1 aliphatic rings. The van der Waals surface area contributed by atoms with Crippen molar-refractivity contribution in [2.45, 2.75) is 39.3 Å². The zero-order chi connectivity index (χ0) is 18.0. The quantitative estimate of drug-likeness (QED) is 0.896. The molecule has 1 fully saturated rings. The van der Waals surface area contributed by atoms with Crippen LogP contribution in [0.5, 0.6) is 5.75 Å². The Balaban J connectivity index is 1.73. The molecule has 1 aliphatic heterocycles. The number of benzene rings is 1. The first-order valence-electron chi connectivity index (χ1n) is 8.15. The summed E-state index contributed by atoms with van der Waals surface area (Å²) in [5.74, 6) is -0.00706. The molecule has 1 N–H and O–H groups in total. The molecule has 0 bridgehead atoms. The van der Waals surface area contributed by atoms with Crippen LogP contribution in [0.25, 0.3) is 0 Å². The van der Waals surface area contributed by atoms with E-state index in [1.807, 2.05) is 13.8 Å². The number of nitrogens with zero attached hydrogens (tertiary/aromatic N) is 2. The number of likely N-dealkylation sites (tertiary alicyclic amines) is 1. The van der Waals surface area contributed by atoms with E-state index in [1.165, 1.54) is 4.90 Å². The van der Waals surface area contributed by atoms with E-state index in [9.17, 15) is 14.7 Å². The van der Waals surface area contributed by atoms with Crippen LogP contribution in [0.15, 0.2) is 28.8 Å². The lowest BCUT2D eigenvalue weighted by molar-refractivity contribution is -0.141. The van der Waals surface area contributed by atoms with Gasteiger partial charge in [-0.05, 0) is 44.9 Å². The largest absolute Gasteiger partial charge is 0.489 e. The van der Waals surface area contributed by atoms with Crippen molar-refractivity contribution in [2.24, 2.45) is 0 Å². The highest BCUT2D eigenvalue weighted by Gasteiger charge is 2.34. The van der Waals surface area contributed by atoms with Crippen LogP contribution in [0.4, 0.5) is 0 Å². The Labute approximate surface area is 145 Å². The fraction of sp³-hybridized carbons (Fsp3) is 0.389. The van der Waals surface area contributed by atoms with E-state index in [-0.39, 0.29) is 5.91 Å². The minimum absolute atomic E-state index is 0.285. The summed E-state index contributed by atoms with van der Waals surface area (Å²) in [6, 6.07) is 6.04. The molecule has 1 saturated heterocycles. The molecule has 1 amide bonds. The summed E-state index contributed by atoms with van der Waals surface area (Å²) in [6.45, 7) is 4.41. The smallest absolute Gasteiger partial charge is 0.326 e. The van der Waals surface area contributed by atoms with Crippen LogP contribution < -0.4 is 4.74 Å². The number of carboxylic acids is 1. The molecule has 0 spiro atoms. The van der Waals surface area contributed by atoms with E-state index >= 15 is 0 Å². The standard InChI is InChI=1S/C18H20N2O5/c1-11-15(12(2)25-19-11)10-24-14-6-3-5-13(9-14)17(21)20-8-4-7-16(20)18(22)23/h3,5-6,9,16H,4,7-8,10H2,1-2H3,(H,22,23). The topological polar surface area (TPSA) is 92.9 Å². The van der Waals surface area contributed by atoms with E-state index in [0.717, 1.165) is 11.3 Å². The van der Waals surface area contributed by atoms with E-state index in [4.69, 9.17) is 9.26 Å². The van der Waals surface area contributed by atoms with E-state index in [1.54, 1.807) is 24.3 Å². The van der Waals surface area contributed by atoms with Gasteiger partial charge < -0.3 is 19.3 Å². The van der Waals surface area contributed by atoms with Crippen LogP contribution >= 0.6 is 0 Å². The van der Waals surface area contributed by atoms with Crippen LogP contribution in [-0.4, -0.2) is 39.6 Å². The summed E-state index contributed by atoms with van der Waals surface area (Å²) in [5, 5.41) is 13.1. The molecule has 1 atom stereocenters. The fourth-order valence-electron chi connectivity index (χ4n) is 3.01. The molecule has 3 rings (SSSR count). The van der Waals surface area contributed by atoms with Gasteiger partial charge >= 0.3 is 5.97 Å². The number of carboxylic acid groups (broad SMARTS) is 1. The molecule has 1 aromatic carbocycles. The number of carbonyl (C=O) groups excluding carboxylic acids is 1. The van der Waals surface area contributed by atoms with Gasteiger partial charge in [-0.1, -0.05) is 11.2 Å². The van der Waals surface area contributed by atoms with Crippen LogP contribution in [0, 0.1) is 13.8 Å². The minimum Gasteiger partial charge on any atom is -0.489 e. The molecule has 2 aromatic rings. The second-order valence-electron chi connectivity index (χ2n) is 6.11. The predicted molar refractivity (Wildman–Crippen MR) is 88.4 cm³/mol. The maximum absolute atomic E-state index is 12.6. The molecule has 25 heavy (non-hydrogen) atoms. The highest BCUT2D eigenvalue weighted by Crippen LogP contribution is 2.23. The average Bonchev–Trinajstić information content (AvgIpc) is 3.20. The second-order valence-corrected chi connectivity index (χ2v) is 6.11. The van der Waals surface area contributed by atoms with Crippen molar-refractivity contribution in [2.75, 3.05) is 6.54 Å². The molecule has 7 heteroatoms. The third kappa shape index (κ3) is 3.50. The van der Waals surface area contributed by atoms with Crippen LogP contribution in [-0.2, 0) is 11.4 Å². The number of amides is 1. The number of hydrogen-bond acceptors (Lipinski definition) is 5. The number of aryl methyl sites for hydroxylation is 2. The molecule has 0 radical (unpaired) electrons. The van der Waals surface area contributed by atoms with Crippen molar-refractivity contribution in [3.63, 3.8) is 0 Å². The summed E-state index contributed by atoms with van der Waals surface area (Å²) in [4.78, 5) is 25.3. The Morgan fingerprint density at radius 3 is 2.88 bits per heavy atom. The van der Waals surface area contributed by atoms with Crippen molar-refractivity contribution < 1.29 is 24.0 Å². The van der Waals surface area contributed by atoms with Crippen molar-refractivity contribution in [3.05, 3.63) is 46.8 Å². The number of hydrogen-bond donors (Lipinski definition) is 1. The van der Waals surface area contributed by atoms with Crippen molar-refractivity contribution in [1.29, 1.82) is 0 Å². The van der Waals surface area contributed by atoms with Gasteiger partial charge in [0.2, 0.25) is 0 Å². The average molecular weight is 344 g/mol. The van der Waals surface area contributed by atoms with Crippen LogP contribution in [0.2, 0.25) is 0 Å². The van der Waals surface area contributed by atoms with Crippen LogP contribution in [0.1, 0.15) is 40.2 Å². The maximum atomic E-state index is 12.6. The molecular weight excluding hydrogens is 324 g/mol. The minimum atomic E-state index is -0.961. The summed E-state index contributed by atoms with van der Waals surface area (Å²) in [6.07, 6.45) is 1.19. The number of ether oxygens (including phenoxy) is 1. The van der Waals surface area contributed by atoms with Gasteiger partial charge in [0, 0.05) is 12.1 Å². The Morgan fingerprint density at radius 1 is 1.40 bits per heavy atom. The van der Waals surface area contributed by atoms with Gasteiger partial charge in [0.05, 0.1) is 11.3 Å². The van der Waals surface area contributed by atoms with Crippen LogP contribution in [0.3, 0.4) is 0 Å². The number of carbonyl (C=O) groups is 2. The van der Waals surface area contributed by atoms with Gasteiger partial charge in [-0.25, -0.2) is 4.79 Å². The summed E-state index contributed by atoms with van der Waals surface area (Å²) >= 11 is 0. The van der Waals surface area contributed by atoms with Crippen molar-refractivity contribution in [1.82, 2.24) is 10.1 Å². The van der Waals surface area contributed by atoms with E-state index in [0.29, 0.717) is 43.1 Å². The number of rotatable bonds is 5. The highest BCUT2D eigenvalue weighted by atomic mass is 16.5. The first-order valence-corrected chi connectivity index (χ1v) is 8.15. The second kappa shape index (κ2) is 6.96.